The van der Waals surface area contributed by atoms with E-state index in [0.29, 0.717) is 0 Å². The molecule has 2 rings (SSSR count). The van der Waals surface area contributed by atoms with Crippen LogP contribution in [0.5, 0.6) is 5.75 Å². The molecule has 0 bridgehead atoms. The number of rotatable bonds is 12. The summed E-state index contributed by atoms with van der Waals surface area (Å²) in [6, 6.07) is 4.33. The zero-order chi connectivity index (χ0) is 21.5. The highest BCUT2D eigenvalue weighted by atomic mass is 16.5. The predicted molar refractivity (Wildman–Crippen MR) is 125 cm³/mol. The maximum Gasteiger partial charge on any atom is 0.124 e. The lowest BCUT2D eigenvalue weighted by molar-refractivity contribution is 0.364. The van der Waals surface area contributed by atoms with Gasteiger partial charge in [0.05, 0.1) is 23.8 Å². The van der Waals surface area contributed by atoms with Crippen molar-refractivity contribution in [1.29, 1.82) is 0 Å². The van der Waals surface area contributed by atoms with Crippen LogP contribution in [0.25, 0.3) is 11.0 Å². The van der Waals surface area contributed by atoms with E-state index in [-0.39, 0.29) is 10.8 Å². The topological polar surface area (TPSA) is 35.0 Å². The van der Waals surface area contributed by atoms with Crippen molar-refractivity contribution in [3.8, 4) is 5.75 Å². The molecule has 1 aromatic carbocycles. The lowest BCUT2D eigenvalue weighted by Crippen LogP contribution is -2.23. The number of ether oxygens (including phenoxy) is 1. The third kappa shape index (κ3) is 5.29. The van der Waals surface area contributed by atoms with Gasteiger partial charge >= 0.3 is 0 Å². The molecule has 0 radical (unpaired) electrons. The third-order valence-corrected chi connectivity index (χ3v) is 7.08. The molecule has 0 fully saturated rings. The molecule has 0 aliphatic heterocycles. The van der Waals surface area contributed by atoms with E-state index in [4.69, 9.17) is 14.7 Å². The molecule has 2 atom stereocenters. The largest absolute Gasteiger partial charge is 0.496 e. The van der Waals surface area contributed by atoms with Gasteiger partial charge in [0.25, 0.3) is 0 Å². The Morgan fingerprint density at radius 3 is 2.14 bits per heavy atom. The van der Waals surface area contributed by atoms with Gasteiger partial charge < -0.3 is 4.74 Å². The number of methoxy groups -OCH3 is 1. The molecule has 162 valence electrons. The number of fused-ring (bicyclic) bond motifs is 1. The Morgan fingerprint density at radius 1 is 0.828 bits per heavy atom. The Labute approximate surface area is 178 Å². The monoisotopic (exact) mass is 398 g/mol. The summed E-state index contributed by atoms with van der Waals surface area (Å²) in [6.45, 7) is 13.7. The molecule has 0 amide bonds. The van der Waals surface area contributed by atoms with Crippen molar-refractivity contribution >= 4 is 11.0 Å². The van der Waals surface area contributed by atoms with Crippen molar-refractivity contribution in [1.82, 2.24) is 9.97 Å². The second-order valence-corrected chi connectivity index (χ2v) is 9.19. The fourth-order valence-corrected chi connectivity index (χ4v) is 4.45. The van der Waals surface area contributed by atoms with Gasteiger partial charge in [-0.25, -0.2) is 4.98 Å². The van der Waals surface area contributed by atoms with Crippen LogP contribution in [0, 0.1) is 0 Å². The lowest BCUT2D eigenvalue weighted by atomic mass is 9.76. The highest BCUT2D eigenvalue weighted by Crippen LogP contribution is 2.40. The van der Waals surface area contributed by atoms with Crippen LogP contribution in [0.4, 0.5) is 0 Å². The molecule has 2 aromatic rings. The van der Waals surface area contributed by atoms with E-state index in [0.717, 1.165) is 48.2 Å². The Kier molecular flexibility index (Phi) is 8.48. The maximum absolute atomic E-state index is 5.82. The van der Waals surface area contributed by atoms with Gasteiger partial charge in [0.15, 0.2) is 0 Å². The van der Waals surface area contributed by atoms with Gasteiger partial charge in [0, 0.05) is 23.2 Å². The predicted octanol–water partition coefficient (Wildman–Crippen LogP) is 7.74. The standard InChI is InChI=1S/C26H42N2O/c1-8-12-13-14-16-26(6,11-4)24-19-27-21-17-20(25(5,10-3)15-9-2)23(29-7)18-22(21)28-24/h17-19H,8-16H2,1-7H3. The Bertz CT molecular complexity index is 788. The van der Waals surface area contributed by atoms with Gasteiger partial charge in [-0.3, -0.25) is 4.98 Å². The van der Waals surface area contributed by atoms with Gasteiger partial charge in [0.2, 0.25) is 0 Å². The number of hydrogen-bond acceptors (Lipinski definition) is 3. The number of hydrogen-bond donors (Lipinski definition) is 0. The van der Waals surface area contributed by atoms with E-state index in [1.807, 2.05) is 6.20 Å². The first-order valence-corrected chi connectivity index (χ1v) is 11.7. The van der Waals surface area contributed by atoms with Gasteiger partial charge in [0.1, 0.15) is 5.75 Å². The molecular formula is C26H42N2O. The first-order valence-electron chi connectivity index (χ1n) is 11.7. The average molecular weight is 399 g/mol. The van der Waals surface area contributed by atoms with E-state index in [9.17, 15) is 0 Å². The normalized spacial score (nSPS) is 15.8. The lowest BCUT2D eigenvalue weighted by Gasteiger charge is -2.31. The molecule has 0 N–H and O–H groups in total. The second-order valence-electron chi connectivity index (χ2n) is 9.19. The molecule has 29 heavy (non-hydrogen) atoms. The van der Waals surface area contributed by atoms with Crippen molar-refractivity contribution < 1.29 is 4.74 Å². The summed E-state index contributed by atoms with van der Waals surface area (Å²) >= 11 is 0. The molecule has 2 unspecified atom stereocenters. The summed E-state index contributed by atoms with van der Waals surface area (Å²) in [5.74, 6) is 0.947. The summed E-state index contributed by atoms with van der Waals surface area (Å²) in [7, 11) is 1.77. The molecule has 0 saturated heterocycles. The molecule has 1 heterocycles. The van der Waals surface area contributed by atoms with Crippen LogP contribution in [0.15, 0.2) is 18.3 Å². The summed E-state index contributed by atoms with van der Waals surface area (Å²) in [6.07, 6.45) is 12.8. The molecule has 0 spiro atoms. The molecule has 0 aliphatic rings. The summed E-state index contributed by atoms with van der Waals surface area (Å²) < 4.78 is 5.82. The Balaban J connectivity index is 2.44. The van der Waals surface area contributed by atoms with Crippen LogP contribution in [0.2, 0.25) is 0 Å². The third-order valence-electron chi connectivity index (χ3n) is 7.08. The van der Waals surface area contributed by atoms with E-state index in [2.05, 4.69) is 53.7 Å². The fourth-order valence-electron chi connectivity index (χ4n) is 4.45. The van der Waals surface area contributed by atoms with E-state index < -0.39 is 0 Å². The summed E-state index contributed by atoms with van der Waals surface area (Å²) in [5.41, 5.74) is 4.49. The molecule has 0 aliphatic carbocycles. The van der Waals surface area contributed by atoms with Crippen molar-refractivity contribution in [2.24, 2.45) is 0 Å². The average Bonchev–Trinajstić information content (AvgIpc) is 2.75. The van der Waals surface area contributed by atoms with Gasteiger partial charge in [-0.05, 0) is 37.2 Å². The number of aromatic nitrogens is 2. The second kappa shape index (κ2) is 10.4. The highest BCUT2D eigenvalue weighted by Gasteiger charge is 2.29. The van der Waals surface area contributed by atoms with Crippen molar-refractivity contribution in [3.63, 3.8) is 0 Å². The molecule has 1 aromatic heterocycles. The number of unbranched alkanes of at least 4 members (excludes halogenated alkanes) is 3. The van der Waals surface area contributed by atoms with Crippen molar-refractivity contribution in [2.45, 2.75) is 110 Å². The highest BCUT2D eigenvalue weighted by molar-refractivity contribution is 5.78. The van der Waals surface area contributed by atoms with Crippen molar-refractivity contribution in [2.75, 3.05) is 7.11 Å². The maximum atomic E-state index is 5.82. The van der Waals surface area contributed by atoms with Gasteiger partial charge in [-0.2, -0.15) is 0 Å². The molecular weight excluding hydrogens is 356 g/mol. The number of benzene rings is 1. The van der Waals surface area contributed by atoms with Crippen LogP contribution in [0.1, 0.15) is 111 Å². The minimum absolute atomic E-state index is 0.0843. The van der Waals surface area contributed by atoms with E-state index in [1.165, 1.54) is 37.7 Å². The van der Waals surface area contributed by atoms with Crippen LogP contribution < -0.4 is 4.74 Å². The number of nitrogens with zero attached hydrogens (tertiary/aromatic N) is 2. The van der Waals surface area contributed by atoms with Crippen LogP contribution in [-0.2, 0) is 10.8 Å². The van der Waals surface area contributed by atoms with E-state index in [1.54, 1.807) is 7.11 Å². The van der Waals surface area contributed by atoms with Crippen molar-refractivity contribution in [3.05, 3.63) is 29.6 Å². The molecule has 3 heteroatoms. The quantitative estimate of drug-likeness (QED) is 0.343. The van der Waals surface area contributed by atoms with Crippen LogP contribution >= 0.6 is 0 Å². The molecule has 3 nitrogen and oxygen atoms in total. The molecule has 0 saturated carbocycles. The summed E-state index contributed by atoms with van der Waals surface area (Å²) in [5, 5.41) is 0. The zero-order valence-corrected chi connectivity index (χ0v) is 19.9. The smallest absolute Gasteiger partial charge is 0.124 e. The first kappa shape index (κ1) is 23.6. The van der Waals surface area contributed by atoms with Crippen LogP contribution in [0.3, 0.4) is 0 Å². The summed E-state index contributed by atoms with van der Waals surface area (Å²) in [4.78, 5) is 9.94. The Hall–Kier alpha value is -1.64. The SMILES string of the molecule is CCCCCCC(C)(CC)c1cnc2cc(C(C)(CC)CCC)c(OC)cc2n1. The minimum atomic E-state index is 0.0843. The van der Waals surface area contributed by atoms with Gasteiger partial charge in [-0.1, -0.05) is 73.6 Å². The fraction of sp³-hybridized carbons (Fsp3) is 0.692. The van der Waals surface area contributed by atoms with E-state index >= 15 is 0 Å². The Morgan fingerprint density at radius 2 is 1.55 bits per heavy atom. The zero-order valence-electron chi connectivity index (χ0n) is 19.9. The minimum Gasteiger partial charge on any atom is -0.496 e. The van der Waals surface area contributed by atoms with Crippen LogP contribution in [-0.4, -0.2) is 17.1 Å². The first-order chi connectivity index (χ1) is 13.9. The van der Waals surface area contributed by atoms with Gasteiger partial charge in [-0.15, -0.1) is 0 Å².